The largest absolute Gasteiger partial charge is 0.478 e. The van der Waals surface area contributed by atoms with Crippen LogP contribution in [-0.4, -0.2) is 17.5 Å². The molecule has 1 aromatic carbocycles. The van der Waals surface area contributed by atoms with Crippen LogP contribution in [0.25, 0.3) is 0 Å². The van der Waals surface area contributed by atoms with E-state index >= 15 is 0 Å². The summed E-state index contributed by atoms with van der Waals surface area (Å²) < 4.78 is 23.9. The summed E-state index contributed by atoms with van der Waals surface area (Å²) in [6, 6.07) is 5.78. The second-order valence-electron chi connectivity index (χ2n) is 2.56. The number of benzene rings is 1. The van der Waals surface area contributed by atoms with Crippen LogP contribution in [0.2, 0.25) is 0 Å². The highest BCUT2D eigenvalue weighted by atomic mass is 19.3. The lowest BCUT2D eigenvalue weighted by Gasteiger charge is -2.03. The van der Waals surface area contributed by atoms with Crippen molar-refractivity contribution < 1.29 is 18.7 Å². The van der Waals surface area contributed by atoms with Crippen LogP contribution in [-0.2, 0) is 6.42 Å². The number of carbonyl (C=O) groups is 1. The second kappa shape index (κ2) is 6.92. The van der Waals surface area contributed by atoms with Crippen molar-refractivity contribution in [3.8, 4) is 0 Å². The van der Waals surface area contributed by atoms with Gasteiger partial charge in [-0.05, 0) is 11.6 Å². The quantitative estimate of drug-likeness (QED) is 0.842. The zero-order chi connectivity index (χ0) is 11.8. The molecule has 0 heterocycles. The Morgan fingerprint density at radius 2 is 1.87 bits per heavy atom. The minimum atomic E-state index is -2.51. The van der Waals surface area contributed by atoms with E-state index in [1.165, 1.54) is 18.2 Å². The average Bonchev–Trinajstić information content (AvgIpc) is 2.20. The highest BCUT2D eigenvalue weighted by Gasteiger charge is 2.12. The van der Waals surface area contributed by atoms with Crippen LogP contribution in [0.3, 0.4) is 0 Å². The molecular formula is C11H14F2O2. The SMILES string of the molecule is CC.O=C(O)c1ccccc1CC(F)F. The summed E-state index contributed by atoms with van der Waals surface area (Å²) in [6.07, 6.45) is -3.02. The lowest BCUT2D eigenvalue weighted by molar-refractivity contribution is 0.0694. The predicted molar refractivity (Wildman–Crippen MR) is 54.5 cm³/mol. The Bertz CT molecular complexity index is 311. The lowest BCUT2D eigenvalue weighted by Crippen LogP contribution is -2.05. The van der Waals surface area contributed by atoms with Gasteiger partial charge in [-0.25, -0.2) is 13.6 Å². The summed E-state index contributed by atoms with van der Waals surface area (Å²) in [5.74, 6) is -1.17. The second-order valence-corrected chi connectivity index (χ2v) is 2.56. The number of halogens is 2. The van der Waals surface area contributed by atoms with Crippen molar-refractivity contribution in [3.05, 3.63) is 35.4 Å². The Hall–Kier alpha value is -1.45. The van der Waals surface area contributed by atoms with Crippen LogP contribution < -0.4 is 0 Å². The Kier molecular flexibility index (Phi) is 6.25. The number of rotatable bonds is 3. The van der Waals surface area contributed by atoms with E-state index < -0.39 is 18.8 Å². The van der Waals surface area contributed by atoms with Gasteiger partial charge < -0.3 is 5.11 Å². The molecule has 0 fully saturated rings. The van der Waals surface area contributed by atoms with Gasteiger partial charge in [-0.3, -0.25) is 0 Å². The molecule has 15 heavy (non-hydrogen) atoms. The van der Waals surface area contributed by atoms with Crippen LogP contribution in [0.15, 0.2) is 24.3 Å². The lowest BCUT2D eigenvalue weighted by atomic mass is 10.1. The van der Waals surface area contributed by atoms with Crippen molar-refractivity contribution in [2.24, 2.45) is 0 Å². The molecule has 0 aliphatic heterocycles. The molecule has 0 aromatic heterocycles. The Balaban J connectivity index is 0.000000921. The molecule has 0 radical (unpaired) electrons. The maximum Gasteiger partial charge on any atom is 0.335 e. The normalized spacial score (nSPS) is 9.40. The highest BCUT2D eigenvalue weighted by molar-refractivity contribution is 5.89. The number of aromatic carboxylic acids is 1. The first-order valence-corrected chi connectivity index (χ1v) is 4.70. The summed E-state index contributed by atoms with van der Waals surface area (Å²) in [5, 5.41) is 8.63. The van der Waals surface area contributed by atoms with E-state index in [-0.39, 0.29) is 11.1 Å². The first-order chi connectivity index (χ1) is 7.11. The summed E-state index contributed by atoms with van der Waals surface area (Å²) in [4.78, 5) is 10.6. The van der Waals surface area contributed by atoms with Crippen molar-refractivity contribution in [2.45, 2.75) is 26.7 Å². The third-order valence-corrected chi connectivity index (χ3v) is 1.62. The van der Waals surface area contributed by atoms with Gasteiger partial charge in [0.05, 0.1) is 5.56 Å². The molecule has 0 aliphatic carbocycles. The van der Waals surface area contributed by atoms with Crippen LogP contribution in [0, 0.1) is 0 Å². The fraction of sp³-hybridized carbons (Fsp3) is 0.364. The number of carboxylic acid groups (broad SMARTS) is 1. The Morgan fingerprint density at radius 3 is 2.33 bits per heavy atom. The predicted octanol–water partition coefficient (Wildman–Crippen LogP) is 3.22. The summed E-state index contributed by atoms with van der Waals surface area (Å²) in [7, 11) is 0. The van der Waals surface area contributed by atoms with Gasteiger partial charge in [0.1, 0.15) is 0 Å². The molecule has 1 aromatic rings. The molecule has 0 spiro atoms. The van der Waals surface area contributed by atoms with E-state index in [9.17, 15) is 13.6 Å². The van der Waals surface area contributed by atoms with E-state index in [0.717, 1.165) is 0 Å². The van der Waals surface area contributed by atoms with Crippen molar-refractivity contribution in [3.63, 3.8) is 0 Å². The Labute approximate surface area is 87.5 Å². The molecule has 0 unspecified atom stereocenters. The summed E-state index contributed by atoms with van der Waals surface area (Å²) >= 11 is 0. The van der Waals surface area contributed by atoms with Crippen LogP contribution in [0.4, 0.5) is 8.78 Å². The standard InChI is InChI=1S/C9H8F2O2.C2H6/c10-8(11)5-6-3-1-2-4-7(6)9(12)13;1-2/h1-4,8H,5H2,(H,12,13);1-2H3. The van der Waals surface area contributed by atoms with E-state index in [2.05, 4.69) is 0 Å². The van der Waals surface area contributed by atoms with Crippen molar-refractivity contribution in [1.29, 1.82) is 0 Å². The molecule has 0 saturated heterocycles. The zero-order valence-corrected chi connectivity index (χ0v) is 8.71. The molecule has 0 atom stereocenters. The number of hydrogen-bond acceptors (Lipinski definition) is 1. The first-order valence-electron chi connectivity index (χ1n) is 4.70. The minimum Gasteiger partial charge on any atom is -0.478 e. The summed E-state index contributed by atoms with van der Waals surface area (Å²) in [6.45, 7) is 4.00. The van der Waals surface area contributed by atoms with Gasteiger partial charge in [0.15, 0.2) is 0 Å². The van der Waals surface area contributed by atoms with E-state index in [0.29, 0.717) is 0 Å². The molecule has 4 heteroatoms. The maximum absolute atomic E-state index is 12.0. The third-order valence-electron chi connectivity index (χ3n) is 1.62. The molecule has 84 valence electrons. The van der Waals surface area contributed by atoms with Gasteiger partial charge >= 0.3 is 5.97 Å². The van der Waals surface area contributed by atoms with Gasteiger partial charge in [0.2, 0.25) is 6.43 Å². The topological polar surface area (TPSA) is 37.3 Å². The van der Waals surface area contributed by atoms with Gasteiger partial charge in [-0.1, -0.05) is 32.0 Å². The van der Waals surface area contributed by atoms with Crippen LogP contribution in [0.1, 0.15) is 29.8 Å². The third kappa shape index (κ3) is 4.54. The van der Waals surface area contributed by atoms with E-state index in [1.54, 1.807) is 6.07 Å². The molecular weight excluding hydrogens is 202 g/mol. The highest BCUT2D eigenvalue weighted by Crippen LogP contribution is 2.13. The number of alkyl halides is 2. The van der Waals surface area contributed by atoms with Crippen LogP contribution >= 0.6 is 0 Å². The fourth-order valence-corrected chi connectivity index (χ4v) is 1.07. The molecule has 2 nitrogen and oxygen atoms in total. The molecule has 0 saturated carbocycles. The molecule has 0 bridgehead atoms. The van der Waals surface area contributed by atoms with E-state index in [4.69, 9.17) is 5.11 Å². The zero-order valence-electron chi connectivity index (χ0n) is 8.71. The first kappa shape index (κ1) is 13.5. The number of carboxylic acids is 1. The van der Waals surface area contributed by atoms with Gasteiger partial charge in [0, 0.05) is 6.42 Å². The number of hydrogen-bond donors (Lipinski definition) is 1. The monoisotopic (exact) mass is 216 g/mol. The van der Waals surface area contributed by atoms with Crippen molar-refractivity contribution >= 4 is 5.97 Å². The molecule has 0 amide bonds. The summed E-state index contributed by atoms with van der Waals surface area (Å²) in [5.41, 5.74) is 0.118. The Morgan fingerprint density at radius 1 is 1.33 bits per heavy atom. The smallest absolute Gasteiger partial charge is 0.335 e. The molecule has 1 N–H and O–H groups in total. The van der Waals surface area contributed by atoms with Gasteiger partial charge in [0.25, 0.3) is 0 Å². The molecule has 0 aliphatic rings. The van der Waals surface area contributed by atoms with Crippen molar-refractivity contribution in [2.75, 3.05) is 0 Å². The van der Waals surface area contributed by atoms with Crippen molar-refractivity contribution in [1.82, 2.24) is 0 Å². The minimum absolute atomic E-state index is 0.0530. The maximum atomic E-state index is 12.0. The van der Waals surface area contributed by atoms with Crippen LogP contribution in [0.5, 0.6) is 0 Å². The average molecular weight is 216 g/mol. The van der Waals surface area contributed by atoms with Gasteiger partial charge in [-0.15, -0.1) is 0 Å². The van der Waals surface area contributed by atoms with Gasteiger partial charge in [-0.2, -0.15) is 0 Å². The fourth-order valence-electron chi connectivity index (χ4n) is 1.07. The van der Waals surface area contributed by atoms with E-state index in [1.807, 2.05) is 13.8 Å². The molecule has 1 rings (SSSR count).